The van der Waals surface area contributed by atoms with E-state index in [-0.39, 0.29) is 25.1 Å². The Kier molecular flexibility index (Phi) is 7.78. The van der Waals surface area contributed by atoms with Crippen molar-refractivity contribution < 1.29 is 13.9 Å². The minimum Gasteiger partial charge on any atom is -0.493 e. The van der Waals surface area contributed by atoms with Gasteiger partial charge < -0.3 is 14.8 Å². The summed E-state index contributed by atoms with van der Waals surface area (Å²) in [6.07, 6.45) is 0.509. The van der Waals surface area contributed by atoms with Gasteiger partial charge >= 0.3 is 0 Å². The molecule has 0 aliphatic carbocycles. The van der Waals surface area contributed by atoms with Gasteiger partial charge in [0.2, 0.25) is 0 Å². The van der Waals surface area contributed by atoms with Crippen LogP contribution in [-0.2, 0) is 0 Å². The number of alkyl halides is 1. The zero-order chi connectivity index (χ0) is 14.4. The molecule has 21 heavy (non-hydrogen) atoms. The van der Waals surface area contributed by atoms with Crippen molar-refractivity contribution in [1.82, 2.24) is 10.2 Å². The van der Waals surface area contributed by atoms with Crippen LogP contribution in [0.5, 0.6) is 11.5 Å². The second-order valence-corrected chi connectivity index (χ2v) is 4.89. The summed E-state index contributed by atoms with van der Waals surface area (Å²) in [4.78, 5) is 2.33. The van der Waals surface area contributed by atoms with Crippen LogP contribution in [0.4, 0.5) is 4.39 Å². The molecular weight excluding hydrogens is 295 g/mol. The van der Waals surface area contributed by atoms with E-state index in [0.717, 1.165) is 31.7 Å². The molecule has 2 rings (SSSR count). The highest BCUT2D eigenvalue weighted by Crippen LogP contribution is 2.33. The normalized spacial score (nSPS) is 16.9. The number of hydrogen-bond donors (Lipinski definition) is 1. The van der Waals surface area contributed by atoms with Crippen molar-refractivity contribution in [3.63, 3.8) is 0 Å². The van der Waals surface area contributed by atoms with E-state index in [1.54, 1.807) is 14.2 Å². The smallest absolute Gasteiger partial charge is 0.161 e. The van der Waals surface area contributed by atoms with E-state index in [2.05, 4.69) is 10.2 Å². The van der Waals surface area contributed by atoms with Crippen molar-refractivity contribution >= 4 is 12.4 Å². The monoisotopic (exact) mass is 318 g/mol. The van der Waals surface area contributed by atoms with Crippen LogP contribution in [0.15, 0.2) is 18.2 Å². The van der Waals surface area contributed by atoms with Crippen LogP contribution in [-0.4, -0.2) is 52.0 Å². The van der Waals surface area contributed by atoms with Gasteiger partial charge in [-0.1, -0.05) is 6.07 Å². The van der Waals surface area contributed by atoms with Crippen molar-refractivity contribution in [3.8, 4) is 11.5 Å². The fourth-order valence-electron chi connectivity index (χ4n) is 2.72. The summed E-state index contributed by atoms with van der Waals surface area (Å²) in [7, 11) is 3.24. The number of methoxy groups -OCH3 is 2. The predicted molar refractivity (Wildman–Crippen MR) is 84.6 cm³/mol. The Hall–Kier alpha value is -1.04. The summed E-state index contributed by atoms with van der Waals surface area (Å²) in [5, 5.41) is 3.32. The molecule has 0 bridgehead atoms. The highest BCUT2D eigenvalue weighted by molar-refractivity contribution is 5.85. The van der Waals surface area contributed by atoms with Crippen LogP contribution >= 0.6 is 12.4 Å². The third-order valence-corrected chi connectivity index (χ3v) is 3.77. The molecular formula is C15H24ClFN2O2. The number of benzene rings is 1. The largest absolute Gasteiger partial charge is 0.493 e. The Labute approximate surface area is 132 Å². The average Bonchev–Trinajstić information content (AvgIpc) is 2.52. The Morgan fingerprint density at radius 2 is 1.86 bits per heavy atom. The maximum atomic E-state index is 12.9. The summed E-state index contributed by atoms with van der Waals surface area (Å²) in [6, 6.07) is 5.95. The molecule has 1 fully saturated rings. The lowest BCUT2D eigenvalue weighted by Crippen LogP contribution is -2.45. The molecule has 0 aromatic heterocycles. The van der Waals surface area contributed by atoms with Crippen molar-refractivity contribution in [2.75, 3.05) is 47.1 Å². The van der Waals surface area contributed by atoms with Crippen LogP contribution in [0.25, 0.3) is 0 Å². The second-order valence-electron chi connectivity index (χ2n) is 4.89. The SMILES string of the molecule is COc1ccc([C@@H](CCF)N2CCNCC2)cc1OC.Cl. The standard InChI is InChI=1S/C15H23FN2O2.ClH/c1-19-14-4-3-12(11-15(14)20-2)13(5-6-16)18-9-7-17-8-10-18;/h3-4,11,13,17H,5-10H2,1-2H3;1H/t13-;/m1./s1. The zero-order valence-electron chi connectivity index (χ0n) is 12.6. The molecule has 4 nitrogen and oxygen atoms in total. The molecule has 1 saturated heterocycles. The molecule has 0 spiro atoms. The van der Waals surface area contributed by atoms with Gasteiger partial charge in [0.1, 0.15) is 0 Å². The Balaban J connectivity index is 0.00000220. The average molecular weight is 319 g/mol. The van der Waals surface area contributed by atoms with Crippen molar-refractivity contribution in [1.29, 1.82) is 0 Å². The van der Waals surface area contributed by atoms with E-state index in [1.807, 2.05) is 18.2 Å². The molecule has 1 aliphatic rings. The summed E-state index contributed by atoms with van der Waals surface area (Å²) < 4.78 is 23.5. The van der Waals surface area contributed by atoms with Gasteiger partial charge in [-0.15, -0.1) is 12.4 Å². The first-order valence-corrected chi connectivity index (χ1v) is 7.02. The predicted octanol–water partition coefficient (Wildman–Crippen LogP) is 2.43. The van der Waals surface area contributed by atoms with E-state index in [9.17, 15) is 4.39 Å². The van der Waals surface area contributed by atoms with Crippen molar-refractivity contribution in [3.05, 3.63) is 23.8 Å². The summed E-state index contributed by atoms with van der Waals surface area (Å²) in [5.74, 6) is 1.40. The van der Waals surface area contributed by atoms with Crippen molar-refractivity contribution in [2.45, 2.75) is 12.5 Å². The van der Waals surface area contributed by atoms with Gasteiger partial charge in [-0.2, -0.15) is 0 Å². The number of hydrogen-bond acceptors (Lipinski definition) is 4. The second kappa shape index (κ2) is 9.07. The molecule has 120 valence electrons. The van der Waals surface area contributed by atoms with Crippen molar-refractivity contribution in [2.24, 2.45) is 0 Å². The number of nitrogens with one attached hydrogen (secondary N) is 1. The minimum atomic E-state index is -0.317. The maximum absolute atomic E-state index is 12.9. The molecule has 1 aliphatic heterocycles. The molecule has 0 unspecified atom stereocenters. The van der Waals surface area contributed by atoms with E-state index in [1.165, 1.54) is 0 Å². The third-order valence-electron chi connectivity index (χ3n) is 3.77. The minimum absolute atomic E-state index is 0. The quantitative estimate of drug-likeness (QED) is 0.873. The topological polar surface area (TPSA) is 33.7 Å². The maximum Gasteiger partial charge on any atom is 0.161 e. The fraction of sp³-hybridized carbons (Fsp3) is 0.600. The van der Waals surface area contributed by atoms with Gasteiger partial charge in [0.15, 0.2) is 11.5 Å². The molecule has 1 atom stereocenters. The number of nitrogens with zero attached hydrogens (tertiary/aromatic N) is 1. The number of piperazine rings is 1. The van der Waals surface area contributed by atoms with Gasteiger partial charge in [-0.3, -0.25) is 9.29 Å². The molecule has 1 aromatic rings. The highest BCUT2D eigenvalue weighted by atomic mass is 35.5. The molecule has 6 heteroatoms. The van der Waals surface area contributed by atoms with Gasteiger partial charge in [-0.25, -0.2) is 0 Å². The number of halogens is 2. The lowest BCUT2D eigenvalue weighted by atomic mass is 10.0. The van der Waals surface area contributed by atoms with Gasteiger partial charge in [0.25, 0.3) is 0 Å². The first-order valence-electron chi connectivity index (χ1n) is 7.02. The summed E-state index contributed by atoms with van der Waals surface area (Å²) in [5.41, 5.74) is 1.09. The zero-order valence-corrected chi connectivity index (χ0v) is 13.4. The van der Waals surface area contributed by atoms with Crippen LogP contribution in [0, 0.1) is 0 Å². The number of ether oxygens (including phenoxy) is 2. The van der Waals surface area contributed by atoms with Crippen LogP contribution < -0.4 is 14.8 Å². The Bertz CT molecular complexity index is 428. The van der Waals surface area contributed by atoms with Crippen LogP contribution in [0.3, 0.4) is 0 Å². The number of rotatable bonds is 6. The fourth-order valence-corrected chi connectivity index (χ4v) is 2.72. The van der Waals surface area contributed by atoms with Gasteiger partial charge in [0.05, 0.1) is 20.9 Å². The van der Waals surface area contributed by atoms with E-state index in [0.29, 0.717) is 17.9 Å². The summed E-state index contributed by atoms with van der Waals surface area (Å²) in [6.45, 7) is 3.48. The molecule has 1 N–H and O–H groups in total. The molecule has 1 heterocycles. The first-order chi connectivity index (χ1) is 9.80. The van der Waals surface area contributed by atoms with E-state index in [4.69, 9.17) is 9.47 Å². The highest BCUT2D eigenvalue weighted by Gasteiger charge is 2.23. The van der Waals surface area contributed by atoms with Crippen LogP contribution in [0.1, 0.15) is 18.0 Å². The van der Waals surface area contributed by atoms with Gasteiger partial charge in [-0.05, 0) is 24.1 Å². The first kappa shape index (κ1) is 18.0. The van der Waals surface area contributed by atoms with Gasteiger partial charge in [0, 0.05) is 32.2 Å². The third kappa shape index (κ3) is 4.46. The lowest BCUT2D eigenvalue weighted by molar-refractivity contribution is 0.157. The Morgan fingerprint density at radius 3 is 2.43 bits per heavy atom. The molecule has 1 aromatic carbocycles. The van der Waals surface area contributed by atoms with E-state index >= 15 is 0 Å². The Morgan fingerprint density at radius 1 is 1.19 bits per heavy atom. The molecule has 0 saturated carbocycles. The molecule has 0 amide bonds. The lowest BCUT2D eigenvalue weighted by Gasteiger charge is -2.35. The van der Waals surface area contributed by atoms with E-state index < -0.39 is 0 Å². The summed E-state index contributed by atoms with van der Waals surface area (Å²) >= 11 is 0. The van der Waals surface area contributed by atoms with Crippen LogP contribution in [0.2, 0.25) is 0 Å². The molecule has 0 radical (unpaired) electrons.